The van der Waals surface area contributed by atoms with Crippen LogP contribution in [0.25, 0.3) is 0 Å². The second-order valence-corrected chi connectivity index (χ2v) is 9.75. The lowest BCUT2D eigenvalue weighted by atomic mass is 9.47. The first-order valence-corrected chi connectivity index (χ1v) is 10.3. The van der Waals surface area contributed by atoms with Crippen LogP contribution in [0, 0.1) is 40.4 Å². The molecule has 6 fully saturated rings. The number of piperidine rings is 1. The van der Waals surface area contributed by atoms with E-state index in [2.05, 4.69) is 6.07 Å². The Labute approximate surface area is 167 Å². The van der Waals surface area contributed by atoms with Gasteiger partial charge in [-0.15, -0.1) is 0 Å². The standard InChI is InChI=1S/C18H25N3O.C2HF3O2/c19-9-14-4-13-5-15(13)21(14)17(22)16(20)18-6-10-1-11(7-18)3-12(2-10)8-18;3-2(4,5)1(6)7/h10-16H,1-8,20H2;(H,6,7)/t10?,11?,12?,13-,14+,15+,16-,18?;/m1./s1. The van der Waals surface area contributed by atoms with Crippen LogP contribution in [-0.2, 0) is 9.59 Å². The molecule has 1 amide bonds. The van der Waals surface area contributed by atoms with E-state index in [1.807, 2.05) is 4.90 Å². The number of halogens is 3. The van der Waals surface area contributed by atoms with Crippen molar-refractivity contribution in [3.8, 4) is 6.07 Å². The number of carbonyl (C=O) groups is 2. The Balaban J connectivity index is 0.000000255. The number of nitriles is 1. The van der Waals surface area contributed by atoms with Gasteiger partial charge in [-0.3, -0.25) is 4.79 Å². The van der Waals surface area contributed by atoms with Crippen LogP contribution in [-0.4, -0.2) is 46.2 Å². The molecule has 3 N–H and O–H groups in total. The number of aliphatic carboxylic acids is 1. The van der Waals surface area contributed by atoms with Crippen molar-refractivity contribution in [3.63, 3.8) is 0 Å². The highest BCUT2D eigenvalue weighted by Crippen LogP contribution is 2.61. The summed E-state index contributed by atoms with van der Waals surface area (Å²) in [4.78, 5) is 23.9. The zero-order valence-electron chi connectivity index (χ0n) is 16.1. The molecule has 1 saturated heterocycles. The monoisotopic (exact) mass is 413 g/mol. The number of carboxylic acid groups (broad SMARTS) is 1. The molecule has 0 radical (unpaired) electrons. The zero-order chi connectivity index (χ0) is 21.1. The number of nitrogens with two attached hydrogens (primary N) is 1. The number of fused-ring (bicyclic) bond motifs is 1. The number of carbonyl (C=O) groups excluding carboxylic acids is 1. The molecule has 5 saturated carbocycles. The van der Waals surface area contributed by atoms with Gasteiger partial charge in [0.25, 0.3) is 0 Å². The minimum absolute atomic E-state index is 0.0544. The topological polar surface area (TPSA) is 107 Å². The van der Waals surface area contributed by atoms with Gasteiger partial charge in [-0.2, -0.15) is 18.4 Å². The van der Waals surface area contributed by atoms with Crippen LogP contribution >= 0.6 is 0 Å². The average Bonchev–Trinajstić information content (AvgIpc) is 3.29. The van der Waals surface area contributed by atoms with E-state index in [4.69, 9.17) is 15.6 Å². The van der Waals surface area contributed by atoms with Gasteiger partial charge in [-0.25, -0.2) is 4.79 Å². The molecule has 5 aliphatic carbocycles. The van der Waals surface area contributed by atoms with Crippen molar-refractivity contribution in [3.05, 3.63) is 0 Å². The first kappa shape index (κ1) is 20.5. The second kappa shape index (κ2) is 6.86. The smallest absolute Gasteiger partial charge is 0.475 e. The number of amides is 1. The second-order valence-electron chi connectivity index (χ2n) is 9.75. The lowest BCUT2D eigenvalue weighted by molar-refractivity contribution is -0.192. The molecule has 0 aromatic rings. The summed E-state index contributed by atoms with van der Waals surface area (Å²) in [6.07, 6.45) is 4.47. The molecule has 6 rings (SSSR count). The Bertz CT molecular complexity index is 712. The van der Waals surface area contributed by atoms with Crippen molar-refractivity contribution in [1.82, 2.24) is 4.90 Å². The van der Waals surface area contributed by atoms with Gasteiger partial charge in [0.15, 0.2) is 0 Å². The van der Waals surface area contributed by atoms with Crippen LogP contribution in [0.15, 0.2) is 0 Å². The van der Waals surface area contributed by atoms with Gasteiger partial charge in [0.05, 0.1) is 12.1 Å². The van der Waals surface area contributed by atoms with E-state index in [1.165, 1.54) is 19.3 Å². The highest BCUT2D eigenvalue weighted by atomic mass is 19.4. The molecule has 0 aromatic carbocycles. The van der Waals surface area contributed by atoms with Crippen LogP contribution in [0.3, 0.4) is 0 Å². The Hall–Kier alpha value is -1.82. The molecule has 4 bridgehead atoms. The van der Waals surface area contributed by atoms with Crippen LogP contribution in [0.1, 0.15) is 51.4 Å². The Kier molecular flexibility index (Phi) is 4.84. The third kappa shape index (κ3) is 3.60. The van der Waals surface area contributed by atoms with Crippen molar-refractivity contribution < 1.29 is 27.9 Å². The Morgan fingerprint density at radius 2 is 1.55 bits per heavy atom. The molecule has 6 nitrogen and oxygen atoms in total. The summed E-state index contributed by atoms with van der Waals surface area (Å²) in [6, 6.07) is 2.09. The number of nitrogens with zero attached hydrogens (tertiary/aromatic N) is 2. The molecular weight excluding hydrogens is 387 g/mol. The number of hydrogen-bond acceptors (Lipinski definition) is 4. The average molecular weight is 413 g/mol. The summed E-state index contributed by atoms with van der Waals surface area (Å²) in [6.45, 7) is 0. The summed E-state index contributed by atoms with van der Waals surface area (Å²) in [5.41, 5.74) is 6.65. The maximum absolute atomic E-state index is 13.1. The van der Waals surface area contributed by atoms with Gasteiger partial charge in [0, 0.05) is 6.04 Å². The first-order chi connectivity index (χ1) is 13.5. The van der Waals surface area contributed by atoms with E-state index >= 15 is 0 Å². The van der Waals surface area contributed by atoms with Crippen LogP contribution < -0.4 is 5.73 Å². The van der Waals surface area contributed by atoms with E-state index in [0.29, 0.717) is 12.0 Å². The van der Waals surface area contributed by atoms with Crippen molar-refractivity contribution in [1.29, 1.82) is 5.26 Å². The summed E-state index contributed by atoms with van der Waals surface area (Å²) in [5.74, 6) is 0.348. The van der Waals surface area contributed by atoms with Gasteiger partial charge in [-0.05, 0) is 80.5 Å². The molecule has 0 aromatic heterocycles. The predicted octanol–water partition coefficient (Wildman–Crippen LogP) is 2.68. The Morgan fingerprint density at radius 1 is 1.07 bits per heavy atom. The van der Waals surface area contributed by atoms with Crippen LogP contribution in [0.5, 0.6) is 0 Å². The highest BCUT2D eigenvalue weighted by molar-refractivity contribution is 5.84. The lowest BCUT2D eigenvalue weighted by Crippen LogP contribution is -2.60. The molecule has 4 atom stereocenters. The molecule has 0 spiro atoms. The minimum atomic E-state index is -5.08. The van der Waals surface area contributed by atoms with Crippen LogP contribution in [0.2, 0.25) is 0 Å². The molecule has 1 heterocycles. The van der Waals surface area contributed by atoms with Gasteiger partial charge < -0.3 is 15.7 Å². The van der Waals surface area contributed by atoms with Crippen molar-refractivity contribution >= 4 is 11.9 Å². The number of alkyl halides is 3. The third-order valence-corrected chi connectivity index (χ3v) is 7.76. The van der Waals surface area contributed by atoms with Gasteiger partial charge in [0.2, 0.25) is 5.91 Å². The molecule has 0 unspecified atom stereocenters. The fraction of sp³-hybridized carbons (Fsp3) is 0.850. The molecule has 1 aliphatic heterocycles. The van der Waals surface area contributed by atoms with E-state index in [-0.39, 0.29) is 23.4 Å². The Morgan fingerprint density at radius 3 is 1.97 bits per heavy atom. The van der Waals surface area contributed by atoms with Crippen molar-refractivity contribution in [2.45, 2.75) is 75.7 Å². The van der Waals surface area contributed by atoms with Crippen molar-refractivity contribution in [2.75, 3.05) is 0 Å². The molecule has 9 heteroatoms. The predicted molar refractivity (Wildman–Crippen MR) is 95.0 cm³/mol. The maximum Gasteiger partial charge on any atom is 0.490 e. The van der Waals surface area contributed by atoms with Crippen LogP contribution in [0.4, 0.5) is 13.2 Å². The summed E-state index contributed by atoms with van der Waals surface area (Å²) in [7, 11) is 0. The van der Waals surface area contributed by atoms with E-state index in [0.717, 1.165) is 49.9 Å². The van der Waals surface area contributed by atoms with Gasteiger partial charge in [-0.1, -0.05) is 0 Å². The SMILES string of the molecule is N#C[C@@H]1C[C@@H]2C[C@@H]2N1C(=O)[C@@H](N)C12CC3CC(CC(C3)C1)C2.O=C(O)C(F)(F)F. The fourth-order valence-electron chi connectivity index (χ4n) is 6.87. The number of carboxylic acids is 1. The highest BCUT2D eigenvalue weighted by Gasteiger charge is 2.59. The van der Waals surface area contributed by atoms with Gasteiger partial charge in [0.1, 0.15) is 6.04 Å². The zero-order valence-corrected chi connectivity index (χ0v) is 16.1. The van der Waals surface area contributed by atoms with E-state index in [9.17, 15) is 23.2 Å². The summed E-state index contributed by atoms with van der Waals surface area (Å²) in [5, 5.41) is 16.5. The quantitative estimate of drug-likeness (QED) is 0.724. The molecule has 160 valence electrons. The number of rotatable bonds is 2. The molecule has 29 heavy (non-hydrogen) atoms. The fourth-order valence-corrected chi connectivity index (χ4v) is 6.87. The summed E-state index contributed by atoms with van der Waals surface area (Å²) >= 11 is 0. The lowest BCUT2D eigenvalue weighted by Gasteiger charge is -2.58. The number of likely N-dealkylation sites (tertiary alicyclic amines) is 1. The normalized spacial score (nSPS) is 42.4. The molecule has 6 aliphatic rings. The van der Waals surface area contributed by atoms with E-state index in [1.54, 1.807) is 0 Å². The maximum atomic E-state index is 13.1. The van der Waals surface area contributed by atoms with Crippen molar-refractivity contribution in [2.24, 2.45) is 34.8 Å². The largest absolute Gasteiger partial charge is 0.490 e. The van der Waals surface area contributed by atoms with Gasteiger partial charge >= 0.3 is 12.1 Å². The minimum Gasteiger partial charge on any atom is -0.475 e. The molecular formula is C20H26F3N3O3. The first-order valence-electron chi connectivity index (χ1n) is 10.3. The number of hydrogen-bond donors (Lipinski definition) is 2. The summed E-state index contributed by atoms with van der Waals surface area (Å²) < 4.78 is 31.7. The third-order valence-electron chi connectivity index (χ3n) is 7.76. The van der Waals surface area contributed by atoms with E-state index < -0.39 is 12.1 Å².